The van der Waals surface area contributed by atoms with Crippen molar-refractivity contribution >= 4 is 21.8 Å². The van der Waals surface area contributed by atoms with Crippen molar-refractivity contribution in [3.8, 4) is 0 Å². The molecule has 0 bridgehead atoms. The van der Waals surface area contributed by atoms with Gasteiger partial charge in [0.1, 0.15) is 6.54 Å². The summed E-state index contributed by atoms with van der Waals surface area (Å²) in [5.74, 6) is 0.0606. The summed E-state index contributed by atoms with van der Waals surface area (Å²) >= 11 is 0. The van der Waals surface area contributed by atoms with Crippen LogP contribution in [0.1, 0.15) is 33.1 Å². The highest BCUT2D eigenvalue weighted by Gasteiger charge is 2.32. The average molecular weight is 439 g/mol. The van der Waals surface area contributed by atoms with E-state index < -0.39 is 15.6 Å². The van der Waals surface area contributed by atoms with Gasteiger partial charge in [-0.25, -0.2) is 8.42 Å². The van der Waals surface area contributed by atoms with Crippen molar-refractivity contribution in [3.05, 3.63) is 28.7 Å². The first-order chi connectivity index (χ1) is 14.3. The summed E-state index contributed by atoms with van der Waals surface area (Å²) in [7, 11) is -3.72. The Morgan fingerprint density at radius 2 is 1.63 bits per heavy atom. The van der Waals surface area contributed by atoms with E-state index in [1.807, 2.05) is 4.90 Å². The number of aromatic nitrogens is 1. The second-order valence-corrected chi connectivity index (χ2v) is 9.69. The zero-order chi connectivity index (χ0) is 21.9. The zero-order valence-electron chi connectivity index (χ0n) is 17.6. The molecule has 1 saturated carbocycles. The molecule has 2 aliphatic rings. The van der Waals surface area contributed by atoms with E-state index in [4.69, 9.17) is 0 Å². The Morgan fingerprint density at radius 1 is 1.03 bits per heavy atom. The molecule has 3 rings (SSSR count). The summed E-state index contributed by atoms with van der Waals surface area (Å²) in [4.78, 5) is 40.7. The maximum absolute atomic E-state index is 12.7. The minimum atomic E-state index is -3.72. The second kappa shape index (κ2) is 9.30. The number of pyridine rings is 1. The Balaban J connectivity index is 1.65. The van der Waals surface area contributed by atoms with Gasteiger partial charge in [0.15, 0.2) is 0 Å². The molecule has 0 spiro atoms. The van der Waals surface area contributed by atoms with E-state index >= 15 is 0 Å². The van der Waals surface area contributed by atoms with E-state index in [9.17, 15) is 22.8 Å². The largest absolute Gasteiger partial charge is 0.339 e. The zero-order valence-corrected chi connectivity index (χ0v) is 18.4. The highest BCUT2D eigenvalue weighted by Crippen LogP contribution is 2.28. The molecule has 0 atom stereocenters. The number of sulfonamides is 1. The second-order valence-electron chi connectivity index (χ2n) is 7.75. The molecule has 0 aromatic carbocycles. The van der Waals surface area contributed by atoms with Crippen molar-refractivity contribution in [1.29, 1.82) is 0 Å². The van der Waals surface area contributed by atoms with Gasteiger partial charge in [-0.2, -0.15) is 4.31 Å². The van der Waals surface area contributed by atoms with Crippen molar-refractivity contribution < 1.29 is 18.0 Å². The summed E-state index contributed by atoms with van der Waals surface area (Å²) in [6.45, 7) is 5.73. The number of hydrogen-bond donors (Lipinski definition) is 0. The predicted octanol–water partition coefficient (Wildman–Crippen LogP) is 0.350. The van der Waals surface area contributed by atoms with Gasteiger partial charge in [0.05, 0.1) is 4.90 Å². The van der Waals surface area contributed by atoms with Crippen LogP contribution >= 0.6 is 0 Å². The lowest BCUT2D eigenvalue weighted by Gasteiger charge is -2.38. The summed E-state index contributed by atoms with van der Waals surface area (Å²) in [6, 6.07) is 2.46. The molecule has 30 heavy (non-hydrogen) atoms. The molecule has 1 saturated heterocycles. The first-order valence-electron chi connectivity index (χ1n) is 10.5. The number of piperazine rings is 1. The summed E-state index contributed by atoms with van der Waals surface area (Å²) < 4.78 is 27.9. The first-order valence-corrected chi connectivity index (χ1v) is 12.0. The minimum Gasteiger partial charge on any atom is -0.339 e. The monoisotopic (exact) mass is 438 g/mol. The fraction of sp³-hybridized carbons (Fsp3) is 0.650. The number of carbonyl (C=O) groups excluding carboxylic acids is 2. The van der Waals surface area contributed by atoms with E-state index in [1.54, 1.807) is 18.7 Å². The number of hydrogen-bond acceptors (Lipinski definition) is 5. The minimum absolute atomic E-state index is 0.00508. The van der Waals surface area contributed by atoms with E-state index in [-0.39, 0.29) is 29.2 Å². The summed E-state index contributed by atoms with van der Waals surface area (Å²) in [5.41, 5.74) is -0.430. The molecule has 1 aliphatic carbocycles. The Morgan fingerprint density at radius 3 is 2.17 bits per heavy atom. The molecule has 1 aromatic heterocycles. The third-order valence-corrected chi connectivity index (χ3v) is 8.04. The molecule has 0 radical (unpaired) electrons. The fourth-order valence-corrected chi connectivity index (χ4v) is 5.31. The molecule has 1 aromatic rings. The normalized spacial score (nSPS) is 17.8. The van der Waals surface area contributed by atoms with Crippen LogP contribution in [0.15, 0.2) is 28.0 Å². The molecule has 0 unspecified atom stereocenters. The van der Waals surface area contributed by atoms with E-state index in [0.29, 0.717) is 39.3 Å². The third-order valence-electron chi connectivity index (χ3n) is 6.00. The number of carbonyl (C=O) groups is 2. The van der Waals surface area contributed by atoms with Crippen molar-refractivity contribution in [2.45, 2.75) is 44.6 Å². The van der Waals surface area contributed by atoms with E-state index in [1.165, 1.54) is 22.6 Å². The van der Waals surface area contributed by atoms with Gasteiger partial charge in [0, 0.05) is 57.4 Å². The van der Waals surface area contributed by atoms with Gasteiger partial charge < -0.3 is 14.4 Å². The number of nitrogens with zero attached hydrogens (tertiary/aromatic N) is 4. The number of rotatable bonds is 7. The van der Waals surface area contributed by atoms with E-state index in [0.717, 1.165) is 23.8 Å². The molecule has 2 amide bonds. The number of amides is 2. The molecule has 2 heterocycles. The highest BCUT2D eigenvalue weighted by atomic mass is 32.2. The Hall–Kier alpha value is -2.20. The Kier molecular flexibility index (Phi) is 6.97. The predicted molar refractivity (Wildman–Crippen MR) is 111 cm³/mol. The molecular weight excluding hydrogens is 408 g/mol. The molecular formula is C20H30N4O5S. The molecule has 166 valence electrons. The molecule has 0 N–H and O–H groups in total. The van der Waals surface area contributed by atoms with Crippen LogP contribution in [-0.2, 0) is 26.2 Å². The summed E-state index contributed by atoms with van der Waals surface area (Å²) in [6.07, 6.45) is 4.25. The lowest BCUT2D eigenvalue weighted by atomic mass is 9.84. The summed E-state index contributed by atoms with van der Waals surface area (Å²) in [5, 5.41) is 0. The van der Waals surface area contributed by atoms with Crippen LogP contribution in [0.5, 0.6) is 0 Å². The molecule has 2 fully saturated rings. The lowest BCUT2D eigenvalue weighted by Crippen LogP contribution is -2.53. The average Bonchev–Trinajstić information content (AvgIpc) is 2.69. The van der Waals surface area contributed by atoms with Crippen molar-refractivity contribution in [2.75, 3.05) is 39.3 Å². The molecule has 1 aliphatic heterocycles. The standard InChI is InChI=1S/C20H30N4O5S/c1-3-24(4-2)30(28,29)17-8-9-18(25)23(14-17)15-19(26)21-10-12-22(13-11-21)20(27)16-6-5-7-16/h8-9,14,16H,3-7,10-13,15H2,1-2H3. The highest BCUT2D eigenvalue weighted by molar-refractivity contribution is 7.89. The van der Waals surface area contributed by atoms with Gasteiger partial charge in [-0.15, -0.1) is 0 Å². The lowest BCUT2D eigenvalue weighted by molar-refractivity contribution is -0.144. The van der Waals surface area contributed by atoms with Crippen LogP contribution in [0.2, 0.25) is 0 Å². The van der Waals surface area contributed by atoms with Crippen LogP contribution in [0, 0.1) is 5.92 Å². The van der Waals surface area contributed by atoms with Gasteiger partial charge in [-0.3, -0.25) is 14.4 Å². The molecule has 10 heteroatoms. The smallest absolute Gasteiger partial charge is 0.251 e. The van der Waals surface area contributed by atoms with Gasteiger partial charge in [0.25, 0.3) is 5.56 Å². The van der Waals surface area contributed by atoms with Crippen LogP contribution in [0.3, 0.4) is 0 Å². The SMILES string of the molecule is CCN(CC)S(=O)(=O)c1ccc(=O)n(CC(=O)N2CCN(C(=O)C3CCC3)CC2)c1. The van der Waals surface area contributed by atoms with Crippen LogP contribution < -0.4 is 5.56 Å². The Labute approximate surface area is 177 Å². The topological polar surface area (TPSA) is 100 Å². The Bertz CT molecular complexity index is 942. The first kappa shape index (κ1) is 22.5. The van der Waals surface area contributed by atoms with Crippen LogP contribution in [0.25, 0.3) is 0 Å². The van der Waals surface area contributed by atoms with Crippen molar-refractivity contribution in [3.63, 3.8) is 0 Å². The maximum Gasteiger partial charge on any atom is 0.251 e. The quantitative estimate of drug-likeness (QED) is 0.612. The van der Waals surface area contributed by atoms with Crippen LogP contribution in [-0.4, -0.2) is 78.2 Å². The van der Waals surface area contributed by atoms with E-state index in [2.05, 4.69) is 0 Å². The maximum atomic E-state index is 12.7. The third kappa shape index (κ3) is 4.59. The van der Waals surface area contributed by atoms with Gasteiger partial charge in [-0.05, 0) is 18.9 Å². The van der Waals surface area contributed by atoms with Crippen LogP contribution in [0.4, 0.5) is 0 Å². The molecule has 9 nitrogen and oxygen atoms in total. The van der Waals surface area contributed by atoms with Gasteiger partial charge >= 0.3 is 0 Å². The van der Waals surface area contributed by atoms with Gasteiger partial charge in [-0.1, -0.05) is 20.3 Å². The van der Waals surface area contributed by atoms with Gasteiger partial charge in [0.2, 0.25) is 21.8 Å². The van der Waals surface area contributed by atoms with Crippen molar-refractivity contribution in [1.82, 2.24) is 18.7 Å². The van der Waals surface area contributed by atoms with Crippen molar-refractivity contribution in [2.24, 2.45) is 5.92 Å². The fourth-order valence-electron chi connectivity index (χ4n) is 3.83.